The van der Waals surface area contributed by atoms with Gasteiger partial charge in [0.05, 0.1) is 20.8 Å². The van der Waals surface area contributed by atoms with Crippen molar-refractivity contribution < 1.29 is 4.79 Å². The first-order valence-corrected chi connectivity index (χ1v) is 12.0. The summed E-state index contributed by atoms with van der Waals surface area (Å²) in [6.07, 6.45) is 0. The van der Waals surface area contributed by atoms with E-state index in [-0.39, 0.29) is 5.91 Å². The number of thioether (sulfide) groups is 1. The van der Waals surface area contributed by atoms with Gasteiger partial charge in [-0.15, -0.1) is 22.7 Å². The van der Waals surface area contributed by atoms with Crippen LogP contribution in [0.2, 0.25) is 0 Å². The highest BCUT2D eigenvalue weighted by Gasteiger charge is 2.20. The lowest BCUT2D eigenvalue weighted by atomic mass is 10.1. The van der Waals surface area contributed by atoms with Crippen LogP contribution in [-0.2, 0) is 0 Å². The van der Waals surface area contributed by atoms with Crippen molar-refractivity contribution in [3.05, 3.63) is 58.8 Å². The Hall–Kier alpha value is -2.22. The van der Waals surface area contributed by atoms with Gasteiger partial charge in [-0.1, -0.05) is 12.1 Å². The molecule has 1 amide bonds. The van der Waals surface area contributed by atoms with Crippen LogP contribution >= 0.6 is 34.4 Å². The molecule has 4 heterocycles. The number of fused-ring (bicyclic) bond motifs is 1. The van der Waals surface area contributed by atoms with Gasteiger partial charge in [-0.2, -0.15) is 11.8 Å². The molecule has 28 heavy (non-hydrogen) atoms. The smallest absolute Gasteiger partial charge is 0.253 e. The van der Waals surface area contributed by atoms with E-state index in [0.29, 0.717) is 5.56 Å². The van der Waals surface area contributed by atoms with Crippen molar-refractivity contribution in [2.24, 2.45) is 0 Å². The molecule has 0 unspecified atom stereocenters. The lowest BCUT2D eigenvalue weighted by Gasteiger charge is -2.26. The highest BCUT2D eigenvalue weighted by Crippen LogP contribution is 2.35. The van der Waals surface area contributed by atoms with Crippen molar-refractivity contribution in [3.8, 4) is 21.1 Å². The number of rotatable bonds is 3. The monoisotopic (exact) mass is 423 g/mol. The number of carbonyl (C=O) groups is 1. The third-order valence-corrected chi connectivity index (χ3v) is 7.41. The molecule has 0 bridgehead atoms. The molecule has 0 radical (unpaired) electrons. The molecule has 4 nitrogen and oxygen atoms in total. The molecule has 0 atom stereocenters. The van der Waals surface area contributed by atoms with Gasteiger partial charge < -0.3 is 4.90 Å². The molecule has 0 spiro atoms. The van der Waals surface area contributed by atoms with Gasteiger partial charge in [-0.3, -0.25) is 4.79 Å². The van der Waals surface area contributed by atoms with Crippen molar-refractivity contribution in [3.63, 3.8) is 0 Å². The maximum Gasteiger partial charge on any atom is 0.253 e. The molecular formula is C21H17N3OS3. The first kappa shape index (κ1) is 17.8. The minimum atomic E-state index is 0.0870. The van der Waals surface area contributed by atoms with Crippen molar-refractivity contribution >= 4 is 51.4 Å². The largest absolute Gasteiger partial charge is 0.337 e. The van der Waals surface area contributed by atoms with Crippen molar-refractivity contribution in [2.45, 2.75) is 0 Å². The predicted octanol–water partition coefficient (Wildman–Crippen LogP) is 5.28. The highest BCUT2D eigenvalue weighted by molar-refractivity contribution is 7.99. The molecule has 4 aromatic rings. The average molecular weight is 424 g/mol. The summed E-state index contributed by atoms with van der Waals surface area (Å²) in [4.78, 5) is 26.9. The van der Waals surface area contributed by atoms with Gasteiger partial charge in [0, 0.05) is 30.2 Å². The Morgan fingerprint density at radius 1 is 0.857 bits per heavy atom. The number of hydrogen-bond acceptors (Lipinski definition) is 6. The first-order chi connectivity index (χ1) is 13.8. The molecule has 0 saturated carbocycles. The van der Waals surface area contributed by atoms with Gasteiger partial charge in [-0.05, 0) is 41.1 Å². The first-order valence-electron chi connectivity index (χ1n) is 9.06. The third kappa shape index (κ3) is 3.34. The maximum absolute atomic E-state index is 12.9. The summed E-state index contributed by atoms with van der Waals surface area (Å²) < 4.78 is 0. The van der Waals surface area contributed by atoms with Crippen molar-refractivity contribution in [1.82, 2.24) is 14.9 Å². The number of hydrogen-bond donors (Lipinski definition) is 0. The van der Waals surface area contributed by atoms with Crippen LogP contribution < -0.4 is 0 Å². The second kappa shape index (κ2) is 7.66. The Bertz CT molecular complexity index is 1120. The fraction of sp³-hybridized carbons (Fsp3) is 0.190. The van der Waals surface area contributed by atoms with E-state index in [1.165, 1.54) is 0 Å². The van der Waals surface area contributed by atoms with Crippen molar-refractivity contribution in [1.29, 1.82) is 0 Å². The Kier molecular flexibility index (Phi) is 4.88. The summed E-state index contributed by atoms with van der Waals surface area (Å²) in [6, 6.07) is 13.9. The number of aromatic nitrogens is 2. The quantitative estimate of drug-likeness (QED) is 0.450. The number of amides is 1. The van der Waals surface area contributed by atoms with E-state index in [2.05, 4.69) is 17.5 Å². The second-order valence-electron chi connectivity index (χ2n) is 6.48. The maximum atomic E-state index is 12.9. The Labute approximate surface area is 175 Å². The number of benzene rings is 1. The summed E-state index contributed by atoms with van der Waals surface area (Å²) >= 11 is 5.22. The molecule has 0 N–H and O–H groups in total. The summed E-state index contributed by atoms with van der Waals surface area (Å²) in [5.74, 6) is 2.10. The standard InChI is InChI=1S/C21H17N3OS3/c25-21(24-7-11-26-12-8-24)14-5-6-15-16(13-14)23-20(18-4-2-10-28-18)19(22-15)17-3-1-9-27-17/h1-6,9-10,13H,7-8,11-12H2. The number of carbonyl (C=O) groups excluding carboxylic acids is 1. The molecule has 140 valence electrons. The molecule has 1 aliphatic heterocycles. The van der Waals surface area contributed by atoms with E-state index >= 15 is 0 Å². The lowest BCUT2D eigenvalue weighted by Crippen LogP contribution is -2.37. The molecule has 0 aliphatic carbocycles. The zero-order valence-corrected chi connectivity index (χ0v) is 17.4. The summed E-state index contributed by atoms with van der Waals surface area (Å²) in [5, 5.41) is 4.10. The van der Waals surface area contributed by atoms with Crippen LogP contribution in [0.25, 0.3) is 32.2 Å². The minimum Gasteiger partial charge on any atom is -0.337 e. The average Bonchev–Trinajstić information content (AvgIpc) is 3.46. The third-order valence-electron chi connectivity index (χ3n) is 4.72. The zero-order valence-electron chi connectivity index (χ0n) is 15.0. The predicted molar refractivity (Wildman–Crippen MR) is 119 cm³/mol. The van der Waals surface area contributed by atoms with Crippen LogP contribution in [0, 0.1) is 0 Å². The van der Waals surface area contributed by atoms with Crippen LogP contribution in [0.5, 0.6) is 0 Å². The van der Waals surface area contributed by atoms with Crippen LogP contribution in [0.3, 0.4) is 0 Å². The van der Waals surface area contributed by atoms with E-state index in [9.17, 15) is 4.79 Å². The van der Waals surface area contributed by atoms with Crippen molar-refractivity contribution in [2.75, 3.05) is 24.6 Å². The van der Waals surface area contributed by atoms with Gasteiger partial charge in [0.15, 0.2) is 0 Å². The van der Waals surface area contributed by atoms with Gasteiger partial charge in [0.25, 0.3) is 5.91 Å². The Morgan fingerprint density at radius 3 is 2.11 bits per heavy atom. The van der Waals surface area contributed by atoms with E-state index in [0.717, 1.165) is 56.8 Å². The summed E-state index contributed by atoms with van der Waals surface area (Å²) in [6.45, 7) is 1.62. The summed E-state index contributed by atoms with van der Waals surface area (Å²) in [7, 11) is 0. The van der Waals surface area contributed by atoms with Gasteiger partial charge in [-0.25, -0.2) is 9.97 Å². The number of thiophene rings is 2. The van der Waals surface area contributed by atoms with Crippen LogP contribution in [0.4, 0.5) is 0 Å². The Morgan fingerprint density at radius 2 is 1.50 bits per heavy atom. The topological polar surface area (TPSA) is 46.1 Å². The molecule has 1 saturated heterocycles. The molecule has 3 aromatic heterocycles. The van der Waals surface area contributed by atoms with Crippen LogP contribution in [0.15, 0.2) is 53.2 Å². The van der Waals surface area contributed by atoms with E-state index < -0.39 is 0 Å². The second-order valence-corrected chi connectivity index (χ2v) is 9.60. The Balaban J connectivity index is 1.61. The number of nitrogens with zero attached hydrogens (tertiary/aromatic N) is 3. The zero-order chi connectivity index (χ0) is 18.9. The van der Waals surface area contributed by atoms with Crippen LogP contribution in [0.1, 0.15) is 10.4 Å². The highest BCUT2D eigenvalue weighted by atomic mass is 32.2. The molecule has 1 aliphatic rings. The normalized spacial score (nSPS) is 14.5. The fourth-order valence-corrected chi connectivity index (χ4v) is 5.64. The van der Waals surface area contributed by atoms with E-state index in [1.807, 2.05) is 52.4 Å². The van der Waals surface area contributed by atoms with E-state index in [4.69, 9.17) is 9.97 Å². The summed E-state index contributed by atoms with van der Waals surface area (Å²) in [5.41, 5.74) is 4.05. The molecule has 1 aromatic carbocycles. The SMILES string of the molecule is O=C(c1ccc2nc(-c3cccs3)c(-c3cccs3)nc2c1)N1CCSCC1. The fourth-order valence-electron chi connectivity index (χ4n) is 3.31. The van der Waals surface area contributed by atoms with Gasteiger partial charge in [0.1, 0.15) is 11.4 Å². The lowest BCUT2D eigenvalue weighted by molar-refractivity contribution is 0.0772. The minimum absolute atomic E-state index is 0.0870. The van der Waals surface area contributed by atoms with Crippen LogP contribution in [-0.4, -0.2) is 45.4 Å². The molecular weight excluding hydrogens is 406 g/mol. The molecule has 1 fully saturated rings. The van der Waals surface area contributed by atoms with Gasteiger partial charge in [0.2, 0.25) is 0 Å². The molecule has 5 rings (SSSR count). The van der Waals surface area contributed by atoms with Gasteiger partial charge >= 0.3 is 0 Å². The van der Waals surface area contributed by atoms with E-state index in [1.54, 1.807) is 22.7 Å². The molecule has 7 heteroatoms.